The minimum absolute atomic E-state index is 0.0119. The van der Waals surface area contributed by atoms with E-state index in [9.17, 15) is 48.9 Å². The van der Waals surface area contributed by atoms with Crippen molar-refractivity contribution in [1.82, 2.24) is 20.4 Å². The number of likely N-dealkylation sites (tertiary alicyclic amines) is 2. The molecule has 4 atom stereocenters. The van der Waals surface area contributed by atoms with Crippen LogP contribution in [0.5, 0.6) is 28.7 Å². The third-order valence-corrected chi connectivity index (χ3v) is 12.2. The number of phenols is 1. The highest BCUT2D eigenvalue weighted by atomic mass is 16.6. The summed E-state index contributed by atoms with van der Waals surface area (Å²) in [4.78, 5) is 93.2. The lowest BCUT2D eigenvalue weighted by Crippen LogP contribution is -2.53. The third kappa shape index (κ3) is 15.9. The number of primary amides is 1. The average molecular weight is 1030 g/mol. The van der Waals surface area contributed by atoms with Crippen LogP contribution in [0.2, 0.25) is 0 Å². The molecule has 0 saturated carbocycles. The standard InChI is InChI=1S/C51H67N7O16/c1-6-20-72-51(68)56-44(30(2)3)46(63)53-31(4)45(62)54-33-16-14-32(15-17-33)29-73-50(67)55-38-25-41(39(61)23-36(38)47(64)57-18-10-12-34(57)27-59)70-21-8-7-9-22-71-43-26-40(74-49(52)66)37(24-42(43)69-5)48(65)58-19-11-13-35(58)28-60/h6,14-17,23-26,30-31,34-35,44,59-61H,1,7-13,18-22,27-29H2,2-5H3,(H2,52,66)(H,53,63)(H,54,62)(H,55,67)(H,56,68). The number of ether oxygens (including phenoxy) is 6. The van der Waals surface area contributed by atoms with E-state index in [1.54, 1.807) is 38.1 Å². The number of carbonyl (C=O) groups is 7. The number of unbranched alkanes of at least 4 members (excludes halogenated alkanes) is 2. The first-order valence-electron chi connectivity index (χ1n) is 24.3. The van der Waals surface area contributed by atoms with Gasteiger partial charge in [0.15, 0.2) is 23.0 Å². The Balaban J connectivity index is 1.16. The van der Waals surface area contributed by atoms with Gasteiger partial charge in [-0.15, -0.1) is 0 Å². The number of nitrogens with zero attached hydrogens (tertiary/aromatic N) is 2. The van der Waals surface area contributed by atoms with Gasteiger partial charge in [0.25, 0.3) is 11.8 Å². The molecule has 5 rings (SSSR count). The minimum Gasteiger partial charge on any atom is -0.504 e. The molecule has 0 radical (unpaired) electrons. The van der Waals surface area contributed by atoms with E-state index in [1.165, 1.54) is 54.2 Å². The van der Waals surface area contributed by atoms with Crippen molar-refractivity contribution in [3.8, 4) is 28.7 Å². The second kappa shape index (κ2) is 27.9. The van der Waals surface area contributed by atoms with E-state index in [2.05, 4.69) is 27.8 Å². The molecular formula is C51H67N7O16. The second-order valence-corrected chi connectivity index (χ2v) is 17.9. The van der Waals surface area contributed by atoms with Gasteiger partial charge in [-0.3, -0.25) is 24.5 Å². The molecule has 7 amide bonds. The number of nitrogens with two attached hydrogens (primary N) is 1. The predicted octanol–water partition coefficient (Wildman–Crippen LogP) is 4.81. The Bertz CT molecular complexity index is 2470. The quantitative estimate of drug-likeness (QED) is 0.0321. The molecule has 2 aliphatic rings. The number of aliphatic hydroxyl groups is 2. The maximum Gasteiger partial charge on any atom is 0.411 e. The zero-order valence-electron chi connectivity index (χ0n) is 42.0. The molecule has 0 aromatic heterocycles. The summed E-state index contributed by atoms with van der Waals surface area (Å²) >= 11 is 0. The van der Waals surface area contributed by atoms with Gasteiger partial charge in [-0.05, 0) is 81.5 Å². The summed E-state index contributed by atoms with van der Waals surface area (Å²) in [6.45, 7) is 8.75. The molecule has 9 N–H and O–H groups in total. The molecule has 74 heavy (non-hydrogen) atoms. The summed E-state index contributed by atoms with van der Waals surface area (Å²) in [5.41, 5.74) is 6.18. The van der Waals surface area contributed by atoms with Crippen molar-refractivity contribution >= 4 is 53.3 Å². The number of hydrogen-bond acceptors (Lipinski definition) is 16. The van der Waals surface area contributed by atoms with E-state index < -0.39 is 60.0 Å². The lowest BCUT2D eigenvalue weighted by Gasteiger charge is -2.24. The molecule has 0 aliphatic carbocycles. The van der Waals surface area contributed by atoms with E-state index >= 15 is 0 Å². The first-order valence-corrected chi connectivity index (χ1v) is 24.3. The number of alkyl carbamates (subject to hydrolysis) is 1. The van der Waals surface area contributed by atoms with Crippen LogP contribution in [0, 0.1) is 5.92 Å². The molecule has 3 aromatic rings. The van der Waals surface area contributed by atoms with Crippen molar-refractivity contribution in [3.63, 3.8) is 0 Å². The van der Waals surface area contributed by atoms with E-state index in [0.717, 1.165) is 0 Å². The Hall–Kier alpha value is -7.79. The van der Waals surface area contributed by atoms with Crippen molar-refractivity contribution in [2.75, 3.05) is 63.9 Å². The van der Waals surface area contributed by atoms with Crippen molar-refractivity contribution in [2.45, 2.75) is 96.5 Å². The molecule has 2 heterocycles. The van der Waals surface area contributed by atoms with Gasteiger partial charge < -0.3 is 75.2 Å². The summed E-state index contributed by atoms with van der Waals surface area (Å²) in [5, 5.41) is 41.1. The molecule has 23 nitrogen and oxygen atoms in total. The Morgan fingerprint density at radius 1 is 0.743 bits per heavy atom. The number of benzene rings is 3. The SMILES string of the molecule is C=CCOC(=O)NC(C(=O)NC(C)C(=O)Nc1ccc(COC(=O)Nc2cc(OCCCCCOc3cc(OC(N)=O)c(C(=O)N4CCCC4CO)cc3OC)c(O)cc2C(=O)N2CCCC2CO)cc1)C(C)C. The van der Waals surface area contributed by atoms with Crippen LogP contribution in [-0.2, 0) is 25.7 Å². The van der Waals surface area contributed by atoms with E-state index in [-0.39, 0.29) is 97.2 Å². The molecule has 3 aromatic carbocycles. The summed E-state index contributed by atoms with van der Waals surface area (Å²) in [5.74, 6) is -2.52. The number of carbonyl (C=O) groups excluding carboxylic acids is 7. The summed E-state index contributed by atoms with van der Waals surface area (Å²) in [6, 6.07) is 8.83. The first-order chi connectivity index (χ1) is 35.5. The molecule has 0 bridgehead atoms. The highest BCUT2D eigenvalue weighted by molar-refractivity contribution is 6.04. The van der Waals surface area contributed by atoms with E-state index in [0.29, 0.717) is 69.3 Å². The van der Waals surface area contributed by atoms with Crippen LogP contribution in [0.25, 0.3) is 0 Å². The van der Waals surface area contributed by atoms with Crippen LogP contribution >= 0.6 is 0 Å². The molecule has 23 heteroatoms. The second-order valence-electron chi connectivity index (χ2n) is 17.9. The van der Waals surface area contributed by atoms with Crippen LogP contribution in [0.3, 0.4) is 0 Å². The van der Waals surface area contributed by atoms with E-state index in [4.69, 9.17) is 34.2 Å². The summed E-state index contributed by atoms with van der Waals surface area (Å²) < 4.78 is 32.9. The van der Waals surface area contributed by atoms with Gasteiger partial charge in [-0.2, -0.15) is 0 Å². The van der Waals surface area contributed by atoms with Crippen molar-refractivity contribution in [2.24, 2.45) is 11.7 Å². The number of anilines is 2. The fourth-order valence-electron chi connectivity index (χ4n) is 8.21. The number of aromatic hydroxyl groups is 1. The Kier molecular flexibility index (Phi) is 21.5. The average Bonchev–Trinajstić information content (AvgIpc) is 4.07. The summed E-state index contributed by atoms with van der Waals surface area (Å²) in [6.07, 6.45) is 2.66. The smallest absolute Gasteiger partial charge is 0.411 e. The molecule has 402 valence electrons. The van der Waals surface area contributed by atoms with E-state index in [1.807, 2.05) is 0 Å². The zero-order chi connectivity index (χ0) is 53.9. The van der Waals surface area contributed by atoms with Crippen molar-refractivity contribution < 1.29 is 77.3 Å². The number of methoxy groups -OCH3 is 1. The molecular weight excluding hydrogens is 967 g/mol. The molecule has 2 aliphatic heterocycles. The van der Waals surface area contributed by atoms with Crippen LogP contribution < -0.4 is 45.9 Å². The largest absolute Gasteiger partial charge is 0.504 e. The molecule has 4 unspecified atom stereocenters. The van der Waals surface area contributed by atoms with Gasteiger partial charge in [0.05, 0.1) is 62.4 Å². The van der Waals surface area contributed by atoms with Gasteiger partial charge in [0.1, 0.15) is 31.0 Å². The number of amides is 7. The normalized spacial score (nSPS) is 15.8. The molecule has 2 fully saturated rings. The number of nitrogens with one attached hydrogen (secondary N) is 4. The molecule has 2 saturated heterocycles. The first kappa shape index (κ1) is 57.1. The Labute approximate surface area is 428 Å². The highest BCUT2D eigenvalue weighted by Crippen LogP contribution is 2.38. The topological polar surface area (TPSA) is 316 Å². The number of hydrogen-bond donors (Lipinski definition) is 8. The Morgan fingerprint density at radius 3 is 1.95 bits per heavy atom. The van der Waals surface area contributed by atoms with Gasteiger partial charge in [-0.1, -0.05) is 38.6 Å². The van der Waals surface area contributed by atoms with Crippen molar-refractivity contribution in [3.05, 3.63) is 77.9 Å². The third-order valence-electron chi connectivity index (χ3n) is 12.2. The van der Waals surface area contributed by atoms with Crippen LogP contribution in [-0.4, -0.2) is 144 Å². The monoisotopic (exact) mass is 1030 g/mol. The van der Waals surface area contributed by atoms with Gasteiger partial charge >= 0.3 is 18.3 Å². The Morgan fingerprint density at radius 2 is 1.36 bits per heavy atom. The van der Waals surface area contributed by atoms with Crippen molar-refractivity contribution in [1.29, 1.82) is 0 Å². The van der Waals surface area contributed by atoms with Gasteiger partial charge in [-0.25, -0.2) is 14.4 Å². The summed E-state index contributed by atoms with van der Waals surface area (Å²) in [7, 11) is 1.40. The zero-order valence-corrected chi connectivity index (χ0v) is 42.0. The lowest BCUT2D eigenvalue weighted by molar-refractivity contribution is -0.128. The maximum absolute atomic E-state index is 13.8. The van der Waals surface area contributed by atoms with Crippen LogP contribution in [0.4, 0.5) is 25.8 Å². The fourth-order valence-corrected chi connectivity index (χ4v) is 8.21. The minimum atomic E-state index is -1.13. The predicted molar refractivity (Wildman–Crippen MR) is 268 cm³/mol. The lowest BCUT2D eigenvalue weighted by atomic mass is 10.0. The van der Waals surface area contributed by atoms with Crippen LogP contribution in [0.1, 0.15) is 92.0 Å². The van der Waals surface area contributed by atoms with Crippen LogP contribution in [0.15, 0.2) is 61.2 Å². The number of aliphatic hydroxyl groups excluding tert-OH is 2. The number of phenolic OH excluding ortho intramolecular Hbond substituents is 1. The maximum atomic E-state index is 13.8. The number of rotatable bonds is 25. The fraction of sp³-hybridized carbons (Fsp3) is 0.471. The molecule has 0 spiro atoms. The van der Waals surface area contributed by atoms with Gasteiger partial charge in [0, 0.05) is 37.0 Å². The van der Waals surface area contributed by atoms with Gasteiger partial charge in [0.2, 0.25) is 11.8 Å². The highest BCUT2D eigenvalue weighted by Gasteiger charge is 2.34.